The summed E-state index contributed by atoms with van der Waals surface area (Å²) in [4.78, 5) is 22.9. The van der Waals surface area contributed by atoms with Crippen LogP contribution in [0.25, 0.3) is 0 Å². The molecule has 0 aliphatic rings. The van der Waals surface area contributed by atoms with Gasteiger partial charge in [0.05, 0.1) is 10.0 Å². The van der Waals surface area contributed by atoms with Crippen molar-refractivity contribution >= 4 is 40.7 Å². The number of hydrogen-bond acceptors (Lipinski definition) is 4. The Morgan fingerprint density at radius 3 is 2.46 bits per heavy atom. The van der Waals surface area contributed by atoms with Gasteiger partial charge in [0.2, 0.25) is 5.95 Å². The number of anilines is 2. The van der Waals surface area contributed by atoms with E-state index in [-0.39, 0.29) is 5.91 Å². The zero-order valence-electron chi connectivity index (χ0n) is 13.7. The van der Waals surface area contributed by atoms with Crippen LogP contribution in [0.4, 0.5) is 11.6 Å². The molecule has 1 heterocycles. The lowest BCUT2D eigenvalue weighted by Gasteiger charge is -2.21. The summed E-state index contributed by atoms with van der Waals surface area (Å²) in [5, 5.41) is 3.94. The number of amides is 1. The van der Waals surface area contributed by atoms with Gasteiger partial charge in [-0.2, -0.15) is 0 Å². The Labute approximate surface area is 152 Å². The summed E-state index contributed by atoms with van der Waals surface area (Å²) in [7, 11) is 0. The number of nitrogens with one attached hydrogen (secondary N) is 1. The van der Waals surface area contributed by atoms with Crippen LogP contribution in [0.5, 0.6) is 0 Å². The Morgan fingerprint density at radius 2 is 1.83 bits per heavy atom. The van der Waals surface area contributed by atoms with Crippen LogP contribution in [0.15, 0.2) is 30.5 Å². The van der Waals surface area contributed by atoms with Crippen LogP contribution < -0.4 is 5.32 Å². The van der Waals surface area contributed by atoms with Gasteiger partial charge in [0.25, 0.3) is 5.91 Å². The first-order chi connectivity index (χ1) is 11.5. The molecular weight excluding hydrogens is 347 g/mol. The Bertz CT molecular complexity index is 703. The largest absolute Gasteiger partial charge is 0.337 e. The average Bonchev–Trinajstić information content (AvgIpc) is 2.58. The number of halogens is 2. The molecule has 1 N–H and O–H groups in total. The molecule has 1 aromatic carbocycles. The van der Waals surface area contributed by atoms with Gasteiger partial charge in [-0.25, -0.2) is 9.97 Å². The van der Waals surface area contributed by atoms with Crippen LogP contribution >= 0.6 is 23.2 Å². The van der Waals surface area contributed by atoms with Gasteiger partial charge in [-0.15, -0.1) is 0 Å². The third-order valence-corrected chi connectivity index (χ3v) is 4.06. The van der Waals surface area contributed by atoms with E-state index in [9.17, 15) is 4.79 Å². The lowest BCUT2D eigenvalue weighted by molar-refractivity contribution is 0.0749. The third kappa shape index (κ3) is 4.82. The molecule has 5 nitrogen and oxygen atoms in total. The first-order valence-electron chi connectivity index (χ1n) is 7.89. The quantitative estimate of drug-likeness (QED) is 0.765. The lowest BCUT2D eigenvalue weighted by atomic mass is 10.3. The van der Waals surface area contributed by atoms with Crippen molar-refractivity contribution in [3.05, 3.63) is 46.2 Å². The van der Waals surface area contributed by atoms with Crippen LogP contribution in [-0.2, 0) is 0 Å². The molecule has 0 fully saturated rings. The van der Waals surface area contributed by atoms with Gasteiger partial charge in [-0.1, -0.05) is 37.0 Å². The highest BCUT2D eigenvalue weighted by Gasteiger charge is 2.16. The van der Waals surface area contributed by atoms with Crippen molar-refractivity contribution in [1.29, 1.82) is 0 Å². The Hall–Kier alpha value is -1.85. The number of hydrogen-bond donors (Lipinski definition) is 1. The molecule has 1 aromatic heterocycles. The molecule has 2 rings (SSSR count). The predicted molar refractivity (Wildman–Crippen MR) is 98.3 cm³/mol. The fourth-order valence-corrected chi connectivity index (χ4v) is 2.56. The maximum Gasteiger partial charge on any atom is 0.272 e. The van der Waals surface area contributed by atoms with Crippen molar-refractivity contribution in [2.45, 2.75) is 26.7 Å². The summed E-state index contributed by atoms with van der Waals surface area (Å²) in [5.74, 6) is 0.255. The molecule has 24 heavy (non-hydrogen) atoms. The standard InChI is InChI=1S/C17H20Cl2N4O/c1-3-9-23(10-4-2)16(24)15-7-8-20-17(22-15)21-12-5-6-13(18)14(19)11-12/h5-8,11H,3-4,9-10H2,1-2H3,(H,20,21,22). The predicted octanol–water partition coefficient (Wildman–Crippen LogP) is 4.79. The van der Waals surface area contributed by atoms with Crippen molar-refractivity contribution in [1.82, 2.24) is 14.9 Å². The van der Waals surface area contributed by atoms with Gasteiger partial charge < -0.3 is 10.2 Å². The van der Waals surface area contributed by atoms with E-state index in [1.54, 1.807) is 30.5 Å². The van der Waals surface area contributed by atoms with Crippen molar-refractivity contribution in [2.24, 2.45) is 0 Å². The molecule has 7 heteroatoms. The zero-order valence-corrected chi connectivity index (χ0v) is 15.2. The Balaban J connectivity index is 2.18. The van der Waals surface area contributed by atoms with Crippen molar-refractivity contribution in [3.63, 3.8) is 0 Å². The number of carbonyl (C=O) groups excluding carboxylic acids is 1. The number of carbonyl (C=O) groups is 1. The lowest BCUT2D eigenvalue weighted by Crippen LogP contribution is -2.33. The molecule has 0 bridgehead atoms. The molecule has 0 aliphatic heterocycles. The summed E-state index contributed by atoms with van der Waals surface area (Å²) >= 11 is 11.9. The van der Waals surface area contributed by atoms with E-state index in [0.717, 1.165) is 12.8 Å². The second-order valence-corrected chi connectivity index (χ2v) is 6.13. The van der Waals surface area contributed by atoms with E-state index in [1.807, 2.05) is 18.7 Å². The number of benzene rings is 1. The van der Waals surface area contributed by atoms with E-state index in [0.29, 0.717) is 40.5 Å². The minimum atomic E-state index is -0.0849. The summed E-state index contributed by atoms with van der Waals surface area (Å²) in [5.41, 5.74) is 1.07. The highest BCUT2D eigenvalue weighted by Crippen LogP contribution is 2.26. The number of aromatic nitrogens is 2. The van der Waals surface area contributed by atoms with Gasteiger partial charge in [0.1, 0.15) is 5.69 Å². The van der Waals surface area contributed by atoms with Crippen molar-refractivity contribution in [2.75, 3.05) is 18.4 Å². The topological polar surface area (TPSA) is 58.1 Å². The molecule has 0 atom stereocenters. The molecule has 128 valence electrons. The number of rotatable bonds is 7. The molecule has 0 spiro atoms. The van der Waals surface area contributed by atoms with Crippen LogP contribution in [0.3, 0.4) is 0 Å². The van der Waals surface area contributed by atoms with Gasteiger partial charge in [-0.05, 0) is 37.1 Å². The van der Waals surface area contributed by atoms with E-state index in [4.69, 9.17) is 23.2 Å². The molecule has 1 amide bonds. The Kier molecular flexibility index (Phi) is 6.82. The second-order valence-electron chi connectivity index (χ2n) is 5.31. The molecule has 2 aromatic rings. The van der Waals surface area contributed by atoms with Crippen LogP contribution in [0.2, 0.25) is 10.0 Å². The highest BCUT2D eigenvalue weighted by molar-refractivity contribution is 6.42. The minimum absolute atomic E-state index is 0.0849. The fraction of sp³-hybridized carbons (Fsp3) is 0.353. The van der Waals surface area contributed by atoms with Crippen molar-refractivity contribution < 1.29 is 4.79 Å². The summed E-state index contributed by atoms with van der Waals surface area (Å²) in [6.07, 6.45) is 3.38. The maximum atomic E-state index is 12.6. The zero-order chi connectivity index (χ0) is 17.5. The molecule has 0 radical (unpaired) electrons. The smallest absolute Gasteiger partial charge is 0.272 e. The summed E-state index contributed by atoms with van der Waals surface area (Å²) < 4.78 is 0. The van der Waals surface area contributed by atoms with E-state index >= 15 is 0 Å². The molecule has 0 aliphatic carbocycles. The third-order valence-electron chi connectivity index (χ3n) is 3.32. The highest BCUT2D eigenvalue weighted by atomic mass is 35.5. The summed E-state index contributed by atoms with van der Waals surface area (Å²) in [6.45, 7) is 5.53. The van der Waals surface area contributed by atoms with E-state index in [1.165, 1.54) is 0 Å². The summed E-state index contributed by atoms with van der Waals surface area (Å²) in [6, 6.07) is 6.76. The molecule has 0 saturated carbocycles. The van der Waals surface area contributed by atoms with Crippen LogP contribution in [0.1, 0.15) is 37.2 Å². The van der Waals surface area contributed by atoms with Gasteiger partial charge in [-0.3, -0.25) is 4.79 Å². The maximum absolute atomic E-state index is 12.6. The fourth-order valence-electron chi connectivity index (χ4n) is 2.26. The average molecular weight is 367 g/mol. The van der Waals surface area contributed by atoms with E-state index < -0.39 is 0 Å². The minimum Gasteiger partial charge on any atom is -0.337 e. The SMILES string of the molecule is CCCN(CCC)C(=O)c1ccnc(Nc2ccc(Cl)c(Cl)c2)n1. The monoisotopic (exact) mass is 366 g/mol. The normalized spacial score (nSPS) is 10.5. The second kappa shape index (κ2) is 8.85. The Morgan fingerprint density at radius 1 is 1.12 bits per heavy atom. The van der Waals surface area contributed by atoms with Gasteiger partial charge >= 0.3 is 0 Å². The van der Waals surface area contributed by atoms with Crippen LogP contribution in [0, 0.1) is 0 Å². The van der Waals surface area contributed by atoms with Gasteiger partial charge in [0, 0.05) is 25.0 Å². The first-order valence-corrected chi connectivity index (χ1v) is 8.65. The first kappa shape index (κ1) is 18.5. The van der Waals surface area contributed by atoms with Crippen LogP contribution in [-0.4, -0.2) is 33.9 Å². The molecule has 0 saturated heterocycles. The number of nitrogens with zero attached hydrogens (tertiary/aromatic N) is 3. The van der Waals surface area contributed by atoms with E-state index in [2.05, 4.69) is 15.3 Å². The van der Waals surface area contributed by atoms with Gasteiger partial charge in [0.15, 0.2) is 0 Å². The molecule has 0 unspecified atom stereocenters. The molecular formula is C17H20Cl2N4O. The van der Waals surface area contributed by atoms with Crippen molar-refractivity contribution in [3.8, 4) is 0 Å².